The number of esters is 1. The number of hydrogen-bond donors (Lipinski definition) is 1. The second-order valence-electron chi connectivity index (χ2n) is 17.0. The third kappa shape index (κ3) is 27.7. The third-order valence-corrected chi connectivity index (χ3v) is 9.63. The van der Waals surface area contributed by atoms with Crippen LogP contribution >= 0.6 is 0 Å². The van der Waals surface area contributed by atoms with Gasteiger partial charge in [0.05, 0.1) is 11.5 Å². The van der Waals surface area contributed by atoms with Crippen molar-refractivity contribution in [2.75, 3.05) is 46.4 Å². The molecule has 2 amide bonds. The maximum absolute atomic E-state index is 13.5. The van der Waals surface area contributed by atoms with E-state index in [1.165, 1.54) is 16.4 Å². The number of rotatable bonds is 9. The summed E-state index contributed by atoms with van der Waals surface area (Å²) in [6.45, 7) is 23.7. The zero-order chi connectivity index (χ0) is 46.4. The molecule has 0 radical (unpaired) electrons. The fraction of sp³-hybridized carbons (Fsp3) is 0.659. The molecule has 0 spiro atoms. The molecular weight excluding hydrogens is 840 g/mol. The maximum atomic E-state index is 13.5. The molecule has 61 heavy (non-hydrogen) atoms. The van der Waals surface area contributed by atoms with Gasteiger partial charge in [0.2, 0.25) is 15.9 Å². The van der Waals surface area contributed by atoms with E-state index in [-0.39, 0.29) is 51.6 Å². The van der Waals surface area contributed by atoms with Gasteiger partial charge in [-0.25, -0.2) is 18.0 Å². The summed E-state index contributed by atoms with van der Waals surface area (Å²) in [6.07, 6.45) is -1.10. The predicted molar refractivity (Wildman–Crippen MR) is 226 cm³/mol. The molecule has 2 atom stereocenters. The van der Waals surface area contributed by atoms with Gasteiger partial charge in [0, 0.05) is 39.1 Å². The van der Waals surface area contributed by atoms with Crippen molar-refractivity contribution in [1.82, 2.24) is 19.4 Å². The van der Waals surface area contributed by atoms with Gasteiger partial charge in [-0.2, -0.15) is 4.31 Å². The third-order valence-electron chi connectivity index (χ3n) is 7.71. The Balaban J connectivity index is 0. The molecule has 0 aromatic heterocycles. The normalized spacial score (nSPS) is 16.0. The molecule has 1 N–H and O–H groups in total. The van der Waals surface area contributed by atoms with Gasteiger partial charge in [-0.3, -0.25) is 4.79 Å². The molecule has 0 unspecified atom stereocenters. The number of benzene rings is 2. The number of hydrogen-bond acceptors (Lipinski definition) is 12. The van der Waals surface area contributed by atoms with E-state index in [0.29, 0.717) is 37.2 Å². The minimum Gasteiger partial charge on any atom is -0.852 e. The number of amides is 2. The average molecular weight is 913 g/mol. The van der Waals surface area contributed by atoms with Crippen LogP contribution in [0.5, 0.6) is 5.75 Å². The number of ether oxygens (including phenoxy) is 2. The molecule has 4 rings (SSSR count). The average Bonchev–Trinajstić information content (AvgIpc) is 3.62. The maximum Gasteiger partial charge on any atom is 4.00 e. The van der Waals surface area contributed by atoms with Crippen LogP contribution in [0.3, 0.4) is 0 Å². The standard InChI is InChI=1S/C32H44N4O7S.4C3H7O.Ti/c1-23-8-14-26(15-9-23)44(40,41)36-16-6-7-28(36)29(37)33-27(30(38)42-22-32(2,3)4)21-24-10-12-25(13-11-24)43-31(39)35-19-17-34(5)18-20-35;4*1-3(2)4;/h8-15,27-28H,6-7,16-22H2,1-5H3,(H,33,37);4*3H,1-2H3;/q;4*-1;+4/t27-,28-;;;;;/m0...../s1. The summed E-state index contributed by atoms with van der Waals surface area (Å²) in [7, 11) is -1.90. The van der Waals surface area contributed by atoms with Crippen molar-refractivity contribution in [2.45, 2.75) is 144 Å². The minimum absolute atomic E-state index is 0. The Labute approximate surface area is 381 Å². The number of piperazine rings is 1. The smallest absolute Gasteiger partial charge is 0.852 e. The van der Waals surface area contributed by atoms with Gasteiger partial charge >= 0.3 is 33.8 Å². The quantitative estimate of drug-likeness (QED) is 0.283. The van der Waals surface area contributed by atoms with Crippen LogP contribution in [0.15, 0.2) is 53.4 Å². The summed E-state index contributed by atoms with van der Waals surface area (Å²) in [6, 6.07) is 11.3. The molecule has 2 aliphatic heterocycles. The first-order valence-electron chi connectivity index (χ1n) is 20.6. The van der Waals surface area contributed by atoms with E-state index in [4.69, 9.17) is 9.47 Å². The first kappa shape index (κ1) is 60.2. The monoisotopic (exact) mass is 912 g/mol. The van der Waals surface area contributed by atoms with Crippen LogP contribution in [-0.4, -0.2) is 123 Å². The number of sulfonamides is 1. The number of nitrogens with one attached hydrogen (secondary N) is 1. The molecule has 344 valence electrons. The Morgan fingerprint density at radius 1 is 0.770 bits per heavy atom. The van der Waals surface area contributed by atoms with Crippen LogP contribution in [-0.2, 0) is 52.5 Å². The Morgan fingerprint density at radius 2 is 1.23 bits per heavy atom. The zero-order valence-electron chi connectivity index (χ0n) is 38.7. The van der Waals surface area contributed by atoms with Crippen LogP contribution < -0.4 is 30.5 Å². The van der Waals surface area contributed by atoms with E-state index >= 15 is 0 Å². The van der Waals surface area contributed by atoms with Crippen molar-refractivity contribution < 1.29 is 74.4 Å². The number of likely N-dealkylation sites (N-methyl/N-ethyl adjacent to an activating group) is 1. The summed E-state index contributed by atoms with van der Waals surface area (Å²) >= 11 is 0. The minimum atomic E-state index is -3.91. The molecule has 15 nitrogen and oxygen atoms in total. The second kappa shape index (κ2) is 30.2. The van der Waals surface area contributed by atoms with E-state index in [9.17, 15) is 43.2 Å². The molecule has 2 saturated heterocycles. The van der Waals surface area contributed by atoms with Crippen molar-refractivity contribution in [2.24, 2.45) is 5.41 Å². The molecule has 0 bridgehead atoms. The Hall–Kier alpha value is -2.93. The van der Waals surface area contributed by atoms with Crippen molar-refractivity contribution in [3.8, 4) is 5.75 Å². The Morgan fingerprint density at radius 3 is 1.67 bits per heavy atom. The first-order valence-corrected chi connectivity index (χ1v) is 22.0. The van der Waals surface area contributed by atoms with Crippen molar-refractivity contribution in [1.29, 1.82) is 0 Å². The number of carbonyl (C=O) groups excluding carboxylic acids is 3. The summed E-state index contributed by atoms with van der Waals surface area (Å²) in [5, 5.41) is 40.9. The van der Waals surface area contributed by atoms with E-state index in [1.54, 1.807) is 96.7 Å². The Bertz CT molecular complexity index is 1590. The van der Waals surface area contributed by atoms with E-state index < -0.39 is 64.5 Å². The van der Waals surface area contributed by atoms with Crippen LogP contribution in [0.25, 0.3) is 0 Å². The topological polar surface area (TPSA) is 218 Å². The number of carbonyl (C=O) groups is 3. The van der Waals surface area contributed by atoms with Crippen molar-refractivity contribution in [3.63, 3.8) is 0 Å². The molecule has 2 fully saturated rings. The van der Waals surface area contributed by atoms with E-state index in [0.717, 1.165) is 18.7 Å². The largest absolute Gasteiger partial charge is 4.00 e. The van der Waals surface area contributed by atoms with Gasteiger partial charge in [0.25, 0.3) is 0 Å². The molecule has 0 saturated carbocycles. The molecule has 17 heteroatoms. The van der Waals surface area contributed by atoms with Gasteiger partial charge < -0.3 is 45.0 Å². The molecule has 2 heterocycles. The molecule has 2 aliphatic rings. The summed E-state index contributed by atoms with van der Waals surface area (Å²) < 4.78 is 39.2. The fourth-order valence-corrected chi connectivity index (χ4v) is 6.73. The van der Waals surface area contributed by atoms with Gasteiger partial charge in [-0.1, -0.05) is 106 Å². The van der Waals surface area contributed by atoms with Gasteiger partial charge in [-0.05, 0) is 62.1 Å². The zero-order valence-corrected chi connectivity index (χ0v) is 41.1. The SMILES string of the molecule is CC(C)[O-].CC(C)[O-].CC(C)[O-].CC(C)[O-].Cc1ccc(S(=O)(=O)N2CCC[C@H]2C(=O)N[C@@H](Cc2ccc(OC(=O)N3CCN(C)CC3)cc2)C(=O)OCC(C)(C)C)cc1.[Ti+4]. The summed E-state index contributed by atoms with van der Waals surface area (Å²) in [4.78, 5) is 43.3. The van der Waals surface area contributed by atoms with E-state index in [2.05, 4.69) is 10.2 Å². The van der Waals surface area contributed by atoms with Gasteiger partial charge in [0.15, 0.2) is 0 Å². The molecule has 0 aliphatic carbocycles. The number of nitrogens with zero attached hydrogens (tertiary/aromatic N) is 3. The van der Waals surface area contributed by atoms with Gasteiger partial charge in [-0.15, -0.1) is 24.4 Å². The van der Waals surface area contributed by atoms with E-state index in [1.807, 2.05) is 34.7 Å². The van der Waals surface area contributed by atoms with Crippen LogP contribution in [0.1, 0.15) is 100 Å². The first-order chi connectivity index (χ1) is 27.7. The summed E-state index contributed by atoms with van der Waals surface area (Å²) in [5.74, 6) is -0.783. The van der Waals surface area contributed by atoms with Gasteiger partial charge in [0.1, 0.15) is 17.8 Å². The van der Waals surface area contributed by atoms with Crippen molar-refractivity contribution >= 4 is 28.0 Å². The van der Waals surface area contributed by atoms with Crippen LogP contribution in [0, 0.1) is 12.3 Å². The van der Waals surface area contributed by atoms with Crippen molar-refractivity contribution in [3.05, 3.63) is 59.7 Å². The summed E-state index contributed by atoms with van der Waals surface area (Å²) in [5.41, 5.74) is 1.35. The molecule has 2 aromatic carbocycles. The second-order valence-corrected chi connectivity index (χ2v) is 18.9. The fourth-order valence-electron chi connectivity index (χ4n) is 5.07. The van der Waals surface area contributed by atoms with Crippen LogP contribution in [0.4, 0.5) is 4.79 Å². The predicted octanol–water partition coefficient (Wildman–Crippen LogP) is 2.23. The number of aryl methyl sites for hydroxylation is 1. The molecular formula is C44H72N4O11STi. The van der Waals surface area contributed by atoms with Crippen LogP contribution in [0.2, 0.25) is 0 Å². The Kier molecular flexibility index (Phi) is 29.8. The molecule has 2 aromatic rings.